The summed E-state index contributed by atoms with van der Waals surface area (Å²) in [4.78, 5) is 40.4. The lowest BCUT2D eigenvalue weighted by atomic mass is 10.1. The van der Waals surface area contributed by atoms with Gasteiger partial charge in [-0.1, -0.05) is 23.5 Å². The molecular weight excluding hydrogens is 463 g/mol. The molecular formula is C21H12F3N3O5S. The minimum Gasteiger partial charge on any atom is -0.459 e. The standard InChI is InChI=1S/C21H12F3N3O5S/c22-11-8-14-18(17(24)16(11)23)27-21(33-14)26-15(28)9-32-20(30)10-4-1-2-5-12(10)25-19(29)13-6-3-7-31-13/h1-8H,9H2,(H,25,29)(H,26,27,28). The summed E-state index contributed by atoms with van der Waals surface area (Å²) < 4.78 is 50.4. The lowest BCUT2D eigenvalue weighted by molar-refractivity contribution is -0.119. The molecule has 0 atom stereocenters. The number of benzene rings is 2. The molecule has 2 aromatic heterocycles. The summed E-state index contributed by atoms with van der Waals surface area (Å²) in [6.07, 6.45) is 1.32. The highest BCUT2D eigenvalue weighted by Gasteiger charge is 2.20. The average Bonchev–Trinajstić information content (AvgIpc) is 3.47. The number of nitrogens with zero attached hydrogens (tertiary/aromatic N) is 1. The van der Waals surface area contributed by atoms with E-state index in [1.165, 1.54) is 36.6 Å². The van der Waals surface area contributed by atoms with Crippen molar-refractivity contribution < 1.29 is 36.7 Å². The van der Waals surface area contributed by atoms with E-state index in [-0.39, 0.29) is 26.8 Å². The number of fused-ring (bicyclic) bond motifs is 1. The number of thiazole rings is 1. The van der Waals surface area contributed by atoms with Gasteiger partial charge in [0.15, 0.2) is 35.0 Å². The first-order valence-electron chi connectivity index (χ1n) is 9.18. The van der Waals surface area contributed by atoms with E-state index in [0.717, 1.165) is 6.07 Å². The van der Waals surface area contributed by atoms with Crippen LogP contribution in [0.3, 0.4) is 0 Å². The van der Waals surface area contributed by atoms with Crippen LogP contribution in [-0.4, -0.2) is 29.4 Å². The van der Waals surface area contributed by atoms with E-state index in [1.54, 1.807) is 6.07 Å². The van der Waals surface area contributed by atoms with Crippen LogP contribution in [0, 0.1) is 17.5 Å². The summed E-state index contributed by atoms with van der Waals surface area (Å²) in [5.74, 6) is -6.80. The zero-order valence-corrected chi connectivity index (χ0v) is 17.2. The highest BCUT2D eigenvalue weighted by Crippen LogP contribution is 2.30. The molecule has 168 valence electrons. The number of para-hydroxylation sites is 1. The molecule has 0 aliphatic carbocycles. The Morgan fingerprint density at radius 3 is 2.58 bits per heavy atom. The highest BCUT2D eigenvalue weighted by atomic mass is 32.1. The van der Waals surface area contributed by atoms with Crippen molar-refractivity contribution in [2.24, 2.45) is 0 Å². The average molecular weight is 475 g/mol. The lowest BCUT2D eigenvalue weighted by Gasteiger charge is -2.10. The van der Waals surface area contributed by atoms with Crippen molar-refractivity contribution in [1.82, 2.24) is 4.98 Å². The Morgan fingerprint density at radius 1 is 1.03 bits per heavy atom. The third kappa shape index (κ3) is 4.70. The Kier molecular flexibility index (Phi) is 6.09. The third-order valence-electron chi connectivity index (χ3n) is 4.24. The molecule has 0 saturated carbocycles. The Bertz CT molecular complexity index is 1370. The Morgan fingerprint density at radius 2 is 1.82 bits per heavy atom. The third-order valence-corrected chi connectivity index (χ3v) is 5.16. The molecule has 0 spiro atoms. The maximum Gasteiger partial charge on any atom is 0.340 e. The number of esters is 1. The van der Waals surface area contributed by atoms with Crippen molar-refractivity contribution in [3.63, 3.8) is 0 Å². The van der Waals surface area contributed by atoms with Gasteiger partial charge in [0.1, 0.15) is 5.52 Å². The zero-order valence-electron chi connectivity index (χ0n) is 16.4. The fourth-order valence-electron chi connectivity index (χ4n) is 2.75. The van der Waals surface area contributed by atoms with E-state index in [1.807, 2.05) is 0 Å². The van der Waals surface area contributed by atoms with Gasteiger partial charge < -0.3 is 14.5 Å². The van der Waals surface area contributed by atoms with Gasteiger partial charge in [-0.2, -0.15) is 0 Å². The number of furan rings is 1. The zero-order chi connectivity index (χ0) is 23.5. The van der Waals surface area contributed by atoms with Crippen LogP contribution in [0.25, 0.3) is 10.2 Å². The Hall–Kier alpha value is -4.19. The molecule has 4 rings (SSSR count). The van der Waals surface area contributed by atoms with E-state index in [2.05, 4.69) is 15.6 Å². The Balaban J connectivity index is 1.40. The molecule has 2 amide bonds. The van der Waals surface area contributed by atoms with Crippen LogP contribution < -0.4 is 10.6 Å². The lowest BCUT2D eigenvalue weighted by Crippen LogP contribution is -2.22. The monoisotopic (exact) mass is 475 g/mol. The second kappa shape index (κ2) is 9.12. The van der Waals surface area contributed by atoms with Gasteiger partial charge in [-0.05, 0) is 30.3 Å². The van der Waals surface area contributed by atoms with Crippen LogP contribution in [0.4, 0.5) is 24.0 Å². The first kappa shape index (κ1) is 22.0. The number of aromatic nitrogens is 1. The second-order valence-corrected chi connectivity index (χ2v) is 7.48. The molecule has 2 heterocycles. The number of rotatable bonds is 6. The van der Waals surface area contributed by atoms with E-state index in [4.69, 9.17) is 9.15 Å². The van der Waals surface area contributed by atoms with E-state index in [9.17, 15) is 27.6 Å². The summed E-state index contributed by atoms with van der Waals surface area (Å²) in [5.41, 5.74) is -0.319. The number of carbonyl (C=O) groups excluding carboxylic acids is 3. The van der Waals surface area contributed by atoms with E-state index >= 15 is 0 Å². The number of carbonyl (C=O) groups is 3. The molecule has 2 N–H and O–H groups in total. The quantitative estimate of drug-likeness (QED) is 0.317. The van der Waals surface area contributed by atoms with Crippen LogP contribution in [0.1, 0.15) is 20.9 Å². The summed E-state index contributed by atoms with van der Waals surface area (Å²) in [6.45, 7) is -0.736. The van der Waals surface area contributed by atoms with Crippen LogP contribution >= 0.6 is 11.3 Å². The molecule has 0 saturated heterocycles. The maximum absolute atomic E-state index is 13.8. The highest BCUT2D eigenvalue weighted by molar-refractivity contribution is 7.22. The van der Waals surface area contributed by atoms with Gasteiger partial charge in [0, 0.05) is 0 Å². The summed E-state index contributed by atoms with van der Waals surface area (Å²) in [6, 6.07) is 9.70. The number of hydrogen-bond acceptors (Lipinski definition) is 7. The van der Waals surface area contributed by atoms with Crippen molar-refractivity contribution in [2.75, 3.05) is 17.2 Å². The van der Waals surface area contributed by atoms with Gasteiger partial charge in [0.2, 0.25) is 0 Å². The molecule has 12 heteroatoms. The van der Waals surface area contributed by atoms with Crippen molar-refractivity contribution >= 4 is 50.2 Å². The van der Waals surface area contributed by atoms with Gasteiger partial charge >= 0.3 is 5.97 Å². The molecule has 2 aromatic carbocycles. The predicted octanol–water partition coefficient (Wildman–Crippen LogP) is 4.35. The number of ether oxygens (including phenoxy) is 1. The van der Waals surface area contributed by atoms with Crippen LogP contribution in [0.5, 0.6) is 0 Å². The van der Waals surface area contributed by atoms with Gasteiger partial charge in [-0.15, -0.1) is 0 Å². The largest absolute Gasteiger partial charge is 0.459 e. The molecule has 0 unspecified atom stereocenters. The number of amides is 2. The molecule has 0 bridgehead atoms. The first-order valence-corrected chi connectivity index (χ1v) is 10.00. The van der Waals surface area contributed by atoms with Crippen molar-refractivity contribution in [3.8, 4) is 0 Å². The number of anilines is 2. The summed E-state index contributed by atoms with van der Waals surface area (Å²) in [7, 11) is 0. The van der Waals surface area contributed by atoms with Gasteiger partial charge in [0.05, 0.1) is 22.2 Å². The molecule has 33 heavy (non-hydrogen) atoms. The normalized spacial score (nSPS) is 10.8. The molecule has 8 nitrogen and oxygen atoms in total. The van der Waals surface area contributed by atoms with Crippen molar-refractivity contribution in [2.45, 2.75) is 0 Å². The predicted molar refractivity (Wildman–Crippen MR) is 112 cm³/mol. The molecule has 0 aliphatic heterocycles. The minimum atomic E-state index is -1.67. The first-order chi connectivity index (χ1) is 15.8. The summed E-state index contributed by atoms with van der Waals surface area (Å²) in [5, 5.41) is 4.64. The number of hydrogen-bond donors (Lipinski definition) is 2. The van der Waals surface area contributed by atoms with Gasteiger partial charge in [-0.25, -0.2) is 22.9 Å². The molecule has 4 aromatic rings. The van der Waals surface area contributed by atoms with Crippen molar-refractivity contribution in [1.29, 1.82) is 0 Å². The van der Waals surface area contributed by atoms with Crippen LogP contribution in [-0.2, 0) is 9.53 Å². The van der Waals surface area contributed by atoms with E-state index in [0.29, 0.717) is 11.3 Å². The maximum atomic E-state index is 13.8. The minimum absolute atomic E-state index is 0.0140. The number of halogens is 3. The van der Waals surface area contributed by atoms with Gasteiger partial charge in [-0.3, -0.25) is 14.9 Å². The number of nitrogens with one attached hydrogen (secondary N) is 2. The molecule has 0 fully saturated rings. The van der Waals surface area contributed by atoms with Crippen molar-refractivity contribution in [3.05, 3.63) is 77.5 Å². The SMILES string of the molecule is O=C(COC(=O)c1ccccc1NC(=O)c1ccco1)Nc1nc2c(F)c(F)c(F)cc2s1. The fourth-order valence-corrected chi connectivity index (χ4v) is 3.66. The topological polar surface area (TPSA) is 111 Å². The van der Waals surface area contributed by atoms with E-state index < -0.39 is 47.4 Å². The second-order valence-electron chi connectivity index (χ2n) is 6.45. The van der Waals surface area contributed by atoms with Gasteiger partial charge in [0.25, 0.3) is 11.8 Å². The molecule has 0 radical (unpaired) electrons. The van der Waals surface area contributed by atoms with Crippen LogP contribution in [0.15, 0.2) is 53.1 Å². The smallest absolute Gasteiger partial charge is 0.340 e. The Labute approximate surface area is 187 Å². The van der Waals surface area contributed by atoms with Crippen LogP contribution in [0.2, 0.25) is 0 Å². The molecule has 0 aliphatic rings. The summed E-state index contributed by atoms with van der Waals surface area (Å²) >= 11 is 0.715. The fraction of sp³-hybridized carbons (Fsp3) is 0.0476.